The molecule has 3 nitrogen and oxygen atoms in total. The van der Waals surface area contributed by atoms with Crippen molar-refractivity contribution in [2.45, 2.75) is 12.6 Å². The quantitative estimate of drug-likeness (QED) is 0.586. The lowest BCUT2D eigenvalue weighted by Gasteiger charge is -2.00. The second-order valence-corrected chi connectivity index (χ2v) is 3.74. The van der Waals surface area contributed by atoms with Crippen LogP contribution >= 0.6 is 11.3 Å². The summed E-state index contributed by atoms with van der Waals surface area (Å²) in [6.45, 7) is -0.336. The van der Waals surface area contributed by atoms with Gasteiger partial charge in [-0.1, -0.05) is 0 Å². The Bertz CT molecular complexity index is 334. The molecule has 1 aromatic heterocycles. The molecule has 0 fully saturated rings. The lowest BCUT2D eigenvalue weighted by atomic mass is 10.3. The Morgan fingerprint density at radius 2 is 2.07 bits per heavy atom. The van der Waals surface area contributed by atoms with Gasteiger partial charge in [0.05, 0.1) is 0 Å². The molecule has 0 aliphatic carbocycles. The van der Waals surface area contributed by atoms with E-state index in [-0.39, 0.29) is 13.0 Å². The second kappa shape index (κ2) is 3.95. The SMILES string of the molecule is O=[N+]([O-])CCc1ccc(C(F)(F)F)s1. The summed E-state index contributed by atoms with van der Waals surface area (Å²) in [5.74, 6) is 0. The van der Waals surface area contributed by atoms with Gasteiger partial charge in [0.1, 0.15) is 4.88 Å². The Balaban J connectivity index is 2.64. The summed E-state index contributed by atoms with van der Waals surface area (Å²) in [6.07, 6.45) is -4.30. The van der Waals surface area contributed by atoms with Crippen molar-refractivity contribution >= 4 is 11.3 Å². The smallest absolute Gasteiger partial charge is 0.265 e. The number of halogens is 3. The maximum atomic E-state index is 12.1. The minimum absolute atomic E-state index is 0.0494. The van der Waals surface area contributed by atoms with E-state index in [4.69, 9.17) is 0 Å². The number of thiophene rings is 1. The third kappa shape index (κ3) is 2.99. The molecule has 0 aliphatic rings. The first-order valence-corrected chi connectivity index (χ1v) is 4.49. The predicted octanol–water partition coefficient (Wildman–Crippen LogP) is 2.59. The summed E-state index contributed by atoms with van der Waals surface area (Å²) in [5.41, 5.74) is 0. The van der Waals surface area contributed by atoms with E-state index < -0.39 is 16.0 Å². The van der Waals surface area contributed by atoms with E-state index in [1.54, 1.807) is 0 Å². The van der Waals surface area contributed by atoms with Gasteiger partial charge in [-0.3, -0.25) is 10.1 Å². The summed E-state index contributed by atoms with van der Waals surface area (Å²) >= 11 is 0.552. The van der Waals surface area contributed by atoms with Crippen LogP contribution in [0, 0.1) is 10.1 Å². The molecular formula is C7H6F3NO2S. The molecule has 7 heteroatoms. The average molecular weight is 225 g/mol. The average Bonchev–Trinajstić information content (AvgIpc) is 2.47. The zero-order valence-corrected chi connectivity index (χ0v) is 7.69. The molecule has 0 aliphatic heterocycles. The largest absolute Gasteiger partial charge is 0.425 e. The van der Waals surface area contributed by atoms with Gasteiger partial charge in [0.25, 0.3) is 0 Å². The highest BCUT2D eigenvalue weighted by Gasteiger charge is 2.32. The standard InChI is InChI=1S/C7H6F3NO2S/c8-7(9,10)6-2-1-5(14-6)3-4-11(12)13/h1-2H,3-4H2. The van der Waals surface area contributed by atoms with Crippen molar-refractivity contribution in [3.8, 4) is 0 Å². The molecule has 0 aromatic carbocycles. The summed E-state index contributed by atoms with van der Waals surface area (Å²) in [6, 6.07) is 2.22. The summed E-state index contributed by atoms with van der Waals surface area (Å²) in [5, 5.41) is 9.96. The van der Waals surface area contributed by atoms with Crippen molar-refractivity contribution in [2.24, 2.45) is 0 Å². The van der Waals surface area contributed by atoms with Crippen molar-refractivity contribution in [2.75, 3.05) is 6.54 Å². The van der Waals surface area contributed by atoms with Crippen molar-refractivity contribution in [1.29, 1.82) is 0 Å². The number of nitro groups is 1. The van der Waals surface area contributed by atoms with Gasteiger partial charge in [-0.05, 0) is 12.1 Å². The van der Waals surface area contributed by atoms with E-state index in [9.17, 15) is 23.3 Å². The molecule has 1 heterocycles. The van der Waals surface area contributed by atoms with Gasteiger partial charge in [0.2, 0.25) is 6.54 Å². The molecule has 14 heavy (non-hydrogen) atoms. The first-order chi connectivity index (χ1) is 6.39. The van der Waals surface area contributed by atoms with Gasteiger partial charge in [-0.15, -0.1) is 11.3 Å². The van der Waals surface area contributed by atoms with Crippen molar-refractivity contribution in [1.82, 2.24) is 0 Å². The molecule has 0 saturated carbocycles. The van der Waals surface area contributed by atoms with Gasteiger partial charge in [0, 0.05) is 16.2 Å². The van der Waals surface area contributed by atoms with Gasteiger partial charge in [0.15, 0.2) is 0 Å². The van der Waals surface area contributed by atoms with Crippen LogP contribution < -0.4 is 0 Å². The molecule has 1 aromatic rings. The van der Waals surface area contributed by atoms with E-state index in [2.05, 4.69) is 0 Å². The molecule has 0 radical (unpaired) electrons. The molecule has 0 N–H and O–H groups in total. The highest BCUT2D eigenvalue weighted by molar-refractivity contribution is 7.12. The molecule has 0 spiro atoms. The molecule has 0 unspecified atom stereocenters. The molecule has 0 amide bonds. The van der Waals surface area contributed by atoms with Crippen LogP contribution in [0.5, 0.6) is 0 Å². The summed E-state index contributed by atoms with van der Waals surface area (Å²) < 4.78 is 36.2. The van der Waals surface area contributed by atoms with Gasteiger partial charge < -0.3 is 0 Å². The first kappa shape index (κ1) is 11.0. The van der Waals surface area contributed by atoms with Gasteiger partial charge in [-0.25, -0.2) is 0 Å². The van der Waals surface area contributed by atoms with E-state index in [0.29, 0.717) is 16.2 Å². The minimum Gasteiger partial charge on any atom is -0.265 e. The first-order valence-electron chi connectivity index (χ1n) is 3.67. The normalized spacial score (nSPS) is 11.6. The predicted molar refractivity (Wildman–Crippen MR) is 44.9 cm³/mol. The van der Waals surface area contributed by atoms with Crippen molar-refractivity contribution in [3.05, 3.63) is 32.0 Å². The lowest BCUT2D eigenvalue weighted by Crippen LogP contribution is -2.02. The number of hydrogen-bond acceptors (Lipinski definition) is 3. The summed E-state index contributed by atoms with van der Waals surface area (Å²) in [4.78, 5) is 9.09. The van der Waals surface area contributed by atoms with Crippen LogP contribution in [-0.4, -0.2) is 11.5 Å². The lowest BCUT2D eigenvalue weighted by molar-refractivity contribution is -0.479. The van der Waals surface area contributed by atoms with Crippen molar-refractivity contribution in [3.63, 3.8) is 0 Å². The topological polar surface area (TPSA) is 43.1 Å². The van der Waals surface area contributed by atoms with Crippen LogP contribution in [0.15, 0.2) is 12.1 Å². The number of nitrogens with zero attached hydrogens (tertiary/aromatic N) is 1. The Morgan fingerprint density at radius 1 is 1.43 bits per heavy atom. The van der Waals surface area contributed by atoms with Gasteiger partial charge >= 0.3 is 6.18 Å². The number of hydrogen-bond donors (Lipinski definition) is 0. The Morgan fingerprint density at radius 3 is 2.50 bits per heavy atom. The van der Waals surface area contributed by atoms with Crippen LogP contribution in [0.1, 0.15) is 9.75 Å². The van der Waals surface area contributed by atoms with Crippen LogP contribution in [-0.2, 0) is 12.6 Å². The third-order valence-corrected chi connectivity index (χ3v) is 2.67. The zero-order chi connectivity index (χ0) is 10.8. The van der Waals surface area contributed by atoms with Crippen LogP contribution in [0.3, 0.4) is 0 Å². The molecule has 0 atom stereocenters. The van der Waals surface area contributed by atoms with E-state index in [1.807, 2.05) is 0 Å². The molecule has 0 bridgehead atoms. The fraction of sp³-hybridized carbons (Fsp3) is 0.429. The molecule has 78 valence electrons. The maximum Gasteiger partial charge on any atom is 0.425 e. The Hall–Kier alpha value is -1.11. The van der Waals surface area contributed by atoms with Crippen LogP contribution in [0.25, 0.3) is 0 Å². The molecule has 0 saturated heterocycles. The highest BCUT2D eigenvalue weighted by Crippen LogP contribution is 2.34. The Labute approximate surface area is 81.3 Å². The molecular weight excluding hydrogens is 219 g/mol. The second-order valence-electron chi connectivity index (χ2n) is 2.57. The number of rotatable bonds is 3. The zero-order valence-electron chi connectivity index (χ0n) is 6.87. The van der Waals surface area contributed by atoms with Gasteiger partial charge in [-0.2, -0.15) is 13.2 Å². The number of alkyl halides is 3. The Kier molecular flexibility index (Phi) is 3.10. The van der Waals surface area contributed by atoms with E-state index in [0.717, 1.165) is 6.07 Å². The van der Waals surface area contributed by atoms with E-state index >= 15 is 0 Å². The monoisotopic (exact) mass is 225 g/mol. The maximum absolute atomic E-state index is 12.1. The molecule has 1 rings (SSSR count). The van der Waals surface area contributed by atoms with E-state index in [1.165, 1.54) is 6.07 Å². The fourth-order valence-electron chi connectivity index (χ4n) is 0.866. The highest BCUT2D eigenvalue weighted by atomic mass is 32.1. The fourth-order valence-corrected chi connectivity index (χ4v) is 1.73. The van der Waals surface area contributed by atoms with Crippen molar-refractivity contribution < 1.29 is 18.1 Å². The summed E-state index contributed by atoms with van der Waals surface area (Å²) in [7, 11) is 0. The third-order valence-electron chi connectivity index (χ3n) is 1.48. The minimum atomic E-state index is -4.35. The van der Waals surface area contributed by atoms with Crippen LogP contribution in [0.2, 0.25) is 0 Å². The van der Waals surface area contributed by atoms with Crippen LogP contribution in [0.4, 0.5) is 13.2 Å².